The first-order valence-electron chi connectivity index (χ1n) is 7.23. The molecular formula is C16H27BrN2. The first-order chi connectivity index (χ1) is 8.97. The highest BCUT2D eigenvalue weighted by Crippen LogP contribution is 2.25. The third-order valence-electron chi connectivity index (χ3n) is 3.77. The maximum Gasteiger partial charge on any atom is 0.0375 e. The summed E-state index contributed by atoms with van der Waals surface area (Å²) >= 11 is 3.67. The molecule has 2 atom stereocenters. The smallest absolute Gasteiger partial charge is 0.0375 e. The Labute approximate surface area is 126 Å². The van der Waals surface area contributed by atoms with E-state index in [9.17, 15) is 0 Å². The number of nitrogens with zero attached hydrogens (tertiary/aromatic N) is 1. The second-order valence-corrected chi connectivity index (χ2v) is 6.40. The lowest BCUT2D eigenvalue weighted by atomic mass is 10.0. The number of hydrogen-bond acceptors (Lipinski definition) is 2. The first kappa shape index (κ1) is 16.5. The maximum atomic E-state index is 6.02. The predicted molar refractivity (Wildman–Crippen MR) is 88.8 cm³/mol. The molecule has 1 aromatic carbocycles. The minimum Gasteiger partial charge on any atom is -0.374 e. The van der Waals surface area contributed by atoms with E-state index in [0.29, 0.717) is 0 Å². The Bertz CT molecular complexity index is 392. The van der Waals surface area contributed by atoms with Gasteiger partial charge in [-0.25, -0.2) is 0 Å². The number of halogens is 1. The fourth-order valence-corrected chi connectivity index (χ4v) is 2.60. The second kappa shape index (κ2) is 7.91. The number of nitrogens with two attached hydrogens (primary N) is 1. The van der Waals surface area contributed by atoms with E-state index in [0.717, 1.165) is 25.3 Å². The third kappa shape index (κ3) is 5.15. The fraction of sp³-hybridized carbons (Fsp3) is 0.625. The van der Waals surface area contributed by atoms with Crippen molar-refractivity contribution >= 4 is 21.6 Å². The molecule has 0 radical (unpaired) electrons. The Balaban J connectivity index is 2.75. The molecule has 0 heterocycles. The van der Waals surface area contributed by atoms with Crippen molar-refractivity contribution in [2.75, 3.05) is 18.5 Å². The lowest BCUT2D eigenvalue weighted by molar-refractivity contribution is 0.560. The zero-order valence-corrected chi connectivity index (χ0v) is 14.2. The summed E-state index contributed by atoms with van der Waals surface area (Å²) in [7, 11) is 2.16. The van der Waals surface area contributed by atoms with Crippen LogP contribution in [0, 0.1) is 5.92 Å². The van der Waals surface area contributed by atoms with Crippen LogP contribution < -0.4 is 10.6 Å². The molecule has 0 aromatic heterocycles. The van der Waals surface area contributed by atoms with Crippen LogP contribution in [0.15, 0.2) is 22.7 Å². The van der Waals surface area contributed by atoms with E-state index in [2.05, 4.69) is 66.8 Å². The van der Waals surface area contributed by atoms with Crippen LogP contribution in [0.3, 0.4) is 0 Å². The third-order valence-corrected chi connectivity index (χ3v) is 4.50. The Kier molecular flexibility index (Phi) is 6.87. The van der Waals surface area contributed by atoms with E-state index in [1.165, 1.54) is 22.1 Å². The van der Waals surface area contributed by atoms with Gasteiger partial charge in [0.1, 0.15) is 0 Å². The van der Waals surface area contributed by atoms with Crippen molar-refractivity contribution < 1.29 is 0 Å². The van der Waals surface area contributed by atoms with Crippen molar-refractivity contribution in [1.29, 1.82) is 0 Å². The van der Waals surface area contributed by atoms with E-state index < -0.39 is 0 Å². The van der Waals surface area contributed by atoms with Crippen LogP contribution in [0.4, 0.5) is 5.69 Å². The SMILES string of the molecule is CCC(C)CN(C)c1ccc(CC(N)CC)c(Br)c1. The second-order valence-electron chi connectivity index (χ2n) is 5.54. The van der Waals surface area contributed by atoms with Gasteiger partial charge in [0, 0.05) is 29.8 Å². The van der Waals surface area contributed by atoms with E-state index in [-0.39, 0.29) is 6.04 Å². The minimum atomic E-state index is 0.250. The van der Waals surface area contributed by atoms with Crippen LogP contribution in [0.1, 0.15) is 39.2 Å². The van der Waals surface area contributed by atoms with Gasteiger partial charge in [0.2, 0.25) is 0 Å². The van der Waals surface area contributed by atoms with Crippen LogP contribution in [0.25, 0.3) is 0 Å². The summed E-state index contributed by atoms with van der Waals surface area (Å²) < 4.78 is 1.17. The molecule has 3 heteroatoms. The van der Waals surface area contributed by atoms with Gasteiger partial charge in [0.25, 0.3) is 0 Å². The molecule has 2 unspecified atom stereocenters. The van der Waals surface area contributed by atoms with Gasteiger partial charge < -0.3 is 10.6 Å². The molecule has 1 rings (SSSR count). The summed E-state index contributed by atoms with van der Waals surface area (Å²) in [6.45, 7) is 7.76. The van der Waals surface area contributed by atoms with Crippen LogP contribution in [0.2, 0.25) is 0 Å². The van der Waals surface area contributed by atoms with Crippen molar-refractivity contribution in [3.63, 3.8) is 0 Å². The molecule has 19 heavy (non-hydrogen) atoms. The summed E-state index contributed by atoms with van der Waals surface area (Å²) in [6, 6.07) is 6.85. The van der Waals surface area contributed by atoms with Crippen molar-refractivity contribution in [1.82, 2.24) is 0 Å². The fourth-order valence-electron chi connectivity index (χ4n) is 2.07. The summed E-state index contributed by atoms with van der Waals surface area (Å²) in [5.74, 6) is 0.719. The van der Waals surface area contributed by atoms with E-state index in [1.54, 1.807) is 0 Å². The molecule has 0 aliphatic heterocycles. The zero-order valence-electron chi connectivity index (χ0n) is 12.6. The zero-order chi connectivity index (χ0) is 14.4. The molecule has 0 bridgehead atoms. The number of anilines is 1. The average molecular weight is 327 g/mol. The van der Waals surface area contributed by atoms with Crippen LogP contribution in [0.5, 0.6) is 0 Å². The topological polar surface area (TPSA) is 29.3 Å². The summed E-state index contributed by atoms with van der Waals surface area (Å²) in [5, 5.41) is 0. The molecule has 0 saturated heterocycles. The quantitative estimate of drug-likeness (QED) is 0.813. The maximum absolute atomic E-state index is 6.02. The molecule has 2 nitrogen and oxygen atoms in total. The highest BCUT2D eigenvalue weighted by atomic mass is 79.9. The summed E-state index contributed by atoms with van der Waals surface area (Å²) in [4.78, 5) is 2.32. The number of rotatable bonds is 7. The summed E-state index contributed by atoms with van der Waals surface area (Å²) in [6.07, 6.45) is 3.17. The molecule has 0 aliphatic rings. The van der Waals surface area contributed by atoms with Gasteiger partial charge in [-0.3, -0.25) is 0 Å². The largest absolute Gasteiger partial charge is 0.374 e. The van der Waals surface area contributed by atoms with Gasteiger partial charge in [-0.2, -0.15) is 0 Å². The van der Waals surface area contributed by atoms with Crippen molar-refractivity contribution in [2.24, 2.45) is 11.7 Å². The highest BCUT2D eigenvalue weighted by Gasteiger charge is 2.09. The van der Waals surface area contributed by atoms with Crippen molar-refractivity contribution in [2.45, 2.75) is 46.1 Å². The first-order valence-corrected chi connectivity index (χ1v) is 8.02. The van der Waals surface area contributed by atoms with Crippen LogP contribution in [-0.2, 0) is 6.42 Å². The lowest BCUT2D eigenvalue weighted by Gasteiger charge is -2.23. The average Bonchev–Trinajstić information content (AvgIpc) is 2.40. The Morgan fingerprint density at radius 2 is 1.95 bits per heavy atom. The Morgan fingerprint density at radius 1 is 1.26 bits per heavy atom. The van der Waals surface area contributed by atoms with Crippen molar-refractivity contribution in [3.8, 4) is 0 Å². The van der Waals surface area contributed by atoms with Crippen LogP contribution in [-0.4, -0.2) is 19.6 Å². The molecule has 0 fully saturated rings. The molecule has 0 aliphatic carbocycles. The van der Waals surface area contributed by atoms with Gasteiger partial charge in [-0.1, -0.05) is 49.2 Å². The van der Waals surface area contributed by atoms with Gasteiger partial charge in [-0.05, 0) is 36.5 Å². The number of hydrogen-bond donors (Lipinski definition) is 1. The molecule has 108 valence electrons. The molecule has 2 N–H and O–H groups in total. The van der Waals surface area contributed by atoms with E-state index in [1.807, 2.05) is 0 Å². The van der Waals surface area contributed by atoms with E-state index >= 15 is 0 Å². The van der Waals surface area contributed by atoms with Gasteiger partial charge in [0.15, 0.2) is 0 Å². The minimum absolute atomic E-state index is 0.250. The van der Waals surface area contributed by atoms with Crippen molar-refractivity contribution in [3.05, 3.63) is 28.2 Å². The monoisotopic (exact) mass is 326 g/mol. The van der Waals surface area contributed by atoms with E-state index in [4.69, 9.17) is 5.73 Å². The lowest BCUT2D eigenvalue weighted by Crippen LogP contribution is -2.24. The standard InChI is InChI=1S/C16H27BrN2/c1-5-12(3)11-19(4)15-8-7-13(16(17)10-15)9-14(18)6-2/h7-8,10,12,14H,5-6,9,11,18H2,1-4H3. The normalized spacial score (nSPS) is 14.2. The Morgan fingerprint density at radius 3 is 2.47 bits per heavy atom. The van der Waals surface area contributed by atoms with Gasteiger partial charge >= 0.3 is 0 Å². The molecule has 0 amide bonds. The highest BCUT2D eigenvalue weighted by molar-refractivity contribution is 9.10. The molecular weight excluding hydrogens is 300 g/mol. The molecule has 0 saturated carbocycles. The summed E-state index contributed by atoms with van der Waals surface area (Å²) in [5.41, 5.74) is 8.59. The Hall–Kier alpha value is -0.540. The number of benzene rings is 1. The van der Waals surface area contributed by atoms with Crippen LogP contribution >= 0.6 is 15.9 Å². The van der Waals surface area contributed by atoms with Gasteiger partial charge in [0.05, 0.1) is 0 Å². The molecule has 0 spiro atoms. The van der Waals surface area contributed by atoms with Gasteiger partial charge in [-0.15, -0.1) is 0 Å². The predicted octanol–water partition coefficient (Wildman–Crippen LogP) is 4.21. The molecule has 1 aromatic rings.